The number of nitrogens with one attached hydrogen (secondary N) is 2. The van der Waals surface area contributed by atoms with Crippen LogP contribution in [-0.2, 0) is 6.18 Å². The third kappa shape index (κ3) is 5.16. The molecule has 0 amide bonds. The fourth-order valence-electron chi connectivity index (χ4n) is 2.64. The lowest BCUT2D eigenvalue weighted by Gasteiger charge is -2.15. The molecule has 0 aliphatic heterocycles. The average molecular weight is 402 g/mol. The molecule has 0 atom stereocenters. The van der Waals surface area contributed by atoms with Gasteiger partial charge in [-0.2, -0.15) is 18.2 Å². The quantitative estimate of drug-likeness (QED) is 0.521. The van der Waals surface area contributed by atoms with Crippen LogP contribution >= 0.6 is 0 Å². The number of nitrogens with zero attached hydrogens (tertiary/aromatic N) is 2. The lowest BCUT2D eigenvalue weighted by Crippen LogP contribution is -2.12. The van der Waals surface area contributed by atoms with Gasteiger partial charge >= 0.3 is 6.18 Å². The molecule has 1 heterocycles. The third-order valence-electron chi connectivity index (χ3n) is 4.28. The topological polar surface area (TPSA) is 59.1 Å². The van der Waals surface area contributed by atoms with E-state index in [1.165, 1.54) is 7.11 Å². The monoisotopic (exact) mass is 402 g/mol. The molecular weight excluding hydrogens is 381 g/mol. The molecule has 0 bridgehead atoms. The predicted molar refractivity (Wildman–Crippen MR) is 107 cm³/mol. The highest BCUT2D eigenvalue weighted by atomic mass is 19.4. The smallest absolute Gasteiger partial charge is 0.421 e. The Morgan fingerprint density at radius 3 is 2.03 bits per heavy atom. The van der Waals surface area contributed by atoms with Gasteiger partial charge in [-0.1, -0.05) is 26.0 Å². The van der Waals surface area contributed by atoms with Gasteiger partial charge in [-0.3, -0.25) is 0 Å². The van der Waals surface area contributed by atoms with E-state index in [1.807, 2.05) is 24.3 Å². The molecular formula is C21H21F3N4O. The van der Waals surface area contributed by atoms with Gasteiger partial charge in [0, 0.05) is 17.6 Å². The van der Waals surface area contributed by atoms with Gasteiger partial charge in [0.1, 0.15) is 17.1 Å². The molecule has 3 aromatic rings. The van der Waals surface area contributed by atoms with Crippen LogP contribution in [0.25, 0.3) is 0 Å². The lowest BCUT2D eigenvalue weighted by atomic mass is 10.0. The van der Waals surface area contributed by atoms with Crippen molar-refractivity contribution in [2.45, 2.75) is 25.9 Å². The first-order chi connectivity index (χ1) is 13.8. The minimum absolute atomic E-state index is 0.0614. The van der Waals surface area contributed by atoms with Crippen molar-refractivity contribution in [3.05, 3.63) is 65.9 Å². The van der Waals surface area contributed by atoms with E-state index in [0.717, 1.165) is 11.8 Å². The molecule has 29 heavy (non-hydrogen) atoms. The first-order valence-corrected chi connectivity index (χ1v) is 8.98. The number of anilines is 4. The average Bonchev–Trinajstić information content (AvgIpc) is 2.68. The summed E-state index contributed by atoms with van der Waals surface area (Å²) in [6, 6.07) is 14.1. The van der Waals surface area contributed by atoms with Crippen LogP contribution in [0.4, 0.5) is 36.3 Å². The van der Waals surface area contributed by atoms with Gasteiger partial charge in [-0.15, -0.1) is 0 Å². The van der Waals surface area contributed by atoms with Crippen LogP contribution < -0.4 is 15.4 Å². The molecule has 0 radical (unpaired) electrons. The molecule has 0 aliphatic carbocycles. The van der Waals surface area contributed by atoms with E-state index in [4.69, 9.17) is 4.74 Å². The van der Waals surface area contributed by atoms with E-state index >= 15 is 0 Å². The number of alkyl halides is 3. The Labute approximate surface area is 167 Å². The van der Waals surface area contributed by atoms with Gasteiger partial charge < -0.3 is 15.4 Å². The molecule has 0 aliphatic rings. The summed E-state index contributed by atoms with van der Waals surface area (Å²) in [5, 5.41) is 5.66. The SMILES string of the molecule is COc1ccc(Nc2nc(Nc3ccc(C(C)C)cc3)ncc2C(F)(F)F)cc1. The molecule has 3 rings (SSSR count). The van der Waals surface area contributed by atoms with Crippen LogP contribution in [0.5, 0.6) is 5.75 Å². The normalized spacial score (nSPS) is 11.4. The number of ether oxygens (including phenoxy) is 1. The van der Waals surface area contributed by atoms with Crippen LogP contribution in [0.2, 0.25) is 0 Å². The number of halogens is 3. The van der Waals surface area contributed by atoms with E-state index in [9.17, 15) is 13.2 Å². The Hall–Kier alpha value is -3.29. The van der Waals surface area contributed by atoms with Gasteiger partial charge in [-0.05, 0) is 47.9 Å². The standard InChI is InChI=1S/C21H21F3N4O/c1-13(2)14-4-6-16(7-5-14)27-20-25-12-18(21(22,23)24)19(28-20)26-15-8-10-17(29-3)11-9-15/h4-13H,1-3H3,(H2,25,26,27,28). The van der Waals surface area contributed by atoms with E-state index in [2.05, 4.69) is 34.4 Å². The lowest BCUT2D eigenvalue weighted by molar-refractivity contribution is -0.137. The van der Waals surface area contributed by atoms with Gasteiger partial charge in [-0.25, -0.2) is 4.98 Å². The molecule has 0 fully saturated rings. The molecule has 0 spiro atoms. The van der Waals surface area contributed by atoms with Crippen LogP contribution in [0, 0.1) is 0 Å². The summed E-state index contributed by atoms with van der Waals surface area (Å²) in [4.78, 5) is 7.87. The first kappa shape index (κ1) is 20.4. The third-order valence-corrected chi connectivity index (χ3v) is 4.28. The van der Waals surface area contributed by atoms with Crippen LogP contribution in [-0.4, -0.2) is 17.1 Å². The Kier molecular flexibility index (Phi) is 5.91. The number of methoxy groups -OCH3 is 1. The summed E-state index contributed by atoms with van der Waals surface area (Å²) in [5.74, 6) is 0.707. The highest BCUT2D eigenvalue weighted by molar-refractivity contribution is 5.63. The summed E-state index contributed by atoms with van der Waals surface area (Å²) in [6.07, 6.45) is -3.82. The highest BCUT2D eigenvalue weighted by Gasteiger charge is 2.35. The second-order valence-electron chi connectivity index (χ2n) is 6.71. The van der Waals surface area contributed by atoms with E-state index in [1.54, 1.807) is 24.3 Å². The van der Waals surface area contributed by atoms with Crippen LogP contribution in [0.3, 0.4) is 0 Å². The Morgan fingerprint density at radius 1 is 0.897 bits per heavy atom. The maximum absolute atomic E-state index is 13.4. The van der Waals surface area contributed by atoms with E-state index in [0.29, 0.717) is 23.0 Å². The summed E-state index contributed by atoms with van der Waals surface area (Å²) in [6.45, 7) is 4.16. The molecule has 0 saturated heterocycles. The largest absolute Gasteiger partial charge is 0.497 e. The Morgan fingerprint density at radius 2 is 1.48 bits per heavy atom. The van der Waals surface area contributed by atoms with E-state index < -0.39 is 11.7 Å². The summed E-state index contributed by atoms with van der Waals surface area (Å²) >= 11 is 0. The number of hydrogen-bond acceptors (Lipinski definition) is 5. The molecule has 1 aromatic heterocycles. The zero-order valence-electron chi connectivity index (χ0n) is 16.2. The summed E-state index contributed by atoms with van der Waals surface area (Å²) < 4.78 is 45.2. The summed E-state index contributed by atoms with van der Waals surface area (Å²) in [5.41, 5.74) is 1.34. The number of rotatable bonds is 6. The van der Waals surface area contributed by atoms with Gasteiger partial charge in [0.05, 0.1) is 7.11 Å². The maximum atomic E-state index is 13.4. The van der Waals surface area contributed by atoms with Crippen molar-refractivity contribution in [2.24, 2.45) is 0 Å². The number of aromatic nitrogens is 2. The number of benzene rings is 2. The van der Waals surface area contributed by atoms with Crippen molar-refractivity contribution in [1.82, 2.24) is 9.97 Å². The zero-order chi connectivity index (χ0) is 21.0. The van der Waals surface area contributed by atoms with Crippen LogP contribution in [0.15, 0.2) is 54.7 Å². The molecule has 0 saturated carbocycles. The molecule has 8 heteroatoms. The molecule has 2 N–H and O–H groups in total. The Bertz CT molecular complexity index is 955. The first-order valence-electron chi connectivity index (χ1n) is 8.98. The molecule has 5 nitrogen and oxygen atoms in total. The van der Waals surface area contributed by atoms with Crippen molar-refractivity contribution in [2.75, 3.05) is 17.7 Å². The molecule has 152 valence electrons. The van der Waals surface area contributed by atoms with Crippen molar-refractivity contribution >= 4 is 23.1 Å². The predicted octanol–water partition coefficient (Wildman–Crippen LogP) is 6.11. The molecule has 2 aromatic carbocycles. The van der Waals surface area contributed by atoms with Crippen LogP contribution in [0.1, 0.15) is 30.9 Å². The van der Waals surface area contributed by atoms with Gasteiger partial charge in [0.2, 0.25) is 5.95 Å². The van der Waals surface area contributed by atoms with Crippen molar-refractivity contribution in [3.63, 3.8) is 0 Å². The minimum Gasteiger partial charge on any atom is -0.497 e. The second kappa shape index (κ2) is 8.38. The fraction of sp³-hybridized carbons (Fsp3) is 0.238. The molecule has 0 unspecified atom stereocenters. The van der Waals surface area contributed by atoms with Crippen molar-refractivity contribution in [3.8, 4) is 5.75 Å². The van der Waals surface area contributed by atoms with Crippen molar-refractivity contribution < 1.29 is 17.9 Å². The fourth-order valence-corrected chi connectivity index (χ4v) is 2.64. The van der Waals surface area contributed by atoms with Gasteiger partial charge in [0.15, 0.2) is 0 Å². The number of hydrogen-bond donors (Lipinski definition) is 2. The zero-order valence-corrected chi connectivity index (χ0v) is 16.2. The van der Waals surface area contributed by atoms with Gasteiger partial charge in [0.25, 0.3) is 0 Å². The highest BCUT2D eigenvalue weighted by Crippen LogP contribution is 2.35. The van der Waals surface area contributed by atoms with Crippen molar-refractivity contribution in [1.29, 1.82) is 0 Å². The maximum Gasteiger partial charge on any atom is 0.421 e. The van der Waals surface area contributed by atoms with E-state index in [-0.39, 0.29) is 11.8 Å². The Balaban J connectivity index is 1.88. The minimum atomic E-state index is -4.59. The summed E-state index contributed by atoms with van der Waals surface area (Å²) in [7, 11) is 1.51. The second-order valence-corrected chi connectivity index (χ2v) is 6.71.